The predicted octanol–water partition coefficient (Wildman–Crippen LogP) is 11.2. The number of anilines is 3. The van der Waals surface area contributed by atoms with Crippen molar-refractivity contribution in [3.05, 3.63) is 222 Å². The predicted molar refractivity (Wildman–Crippen MR) is 242 cm³/mol. The summed E-state index contributed by atoms with van der Waals surface area (Å²) in [7, 11) is -2.83. The molecule has 14 rings (SSSR count). The summed E-state index contributed by atoms with van der Waals surface area (Å²) in [5.41, 5.74) is 14.8. The molecule has 1 aromatic heterocycles. The lowest BCUT2D eigenvalue weighted by Gasteiger charge is -2.48. The monoisotopic (exact) mass is 767 g/mol. The first-order valence-corrected chi connectivity index (χ1v) is 22.4. The molecule has 0 saturated heterocycles. The Bertz CT molecular complexity index is 3330. The maximum atomic E-state index is 6.67. The van der Waals surface area contributed by atoms with Gasteiger partial charge in [0.05, 0.1) is 16.8 Å². The van der Waals surface area contributed by atoms with E-state index in [0.29, 0.717) is 0 Å². The third-order valence-corrected chi connectivity index (χ3v) is 18.7. The van der Waals surface area contributed by atoms with Gasteiger partial charge in [0, 0.05) is 27.6 Å². The van der Waals surface area contributed by atoms with Gasteiger partial charge in [0.25, 0.3) is 0 Å². The number of rotatable bonds is 1. The van der Waals surface area contributed by atoms with Crippen molar-refractivity contribution in [2.24, 2.45) is 0 Å². The largest absolute Gasteiger partial charge is 0.457 e. The van der Waals surface area contributed by atoms with Crippen molar-refractivity contribution < 1.29 is 9.15 Å². The molecule has 0 amide bonds. The van der Waals surface area contributed by atoms with Gasteiger partial charge in [-0.25, -0.2) is 0 Å². The molecule has 9 aromatic carbocycles. The molecule has 2 spiro atoms. The van der Waals surface area contributed by atoms with Gasteiger partial charge in [0.15, 0.2) is 8.07 Å². The third-order valence-electron chi connectivity index (χ3n) is 13.7. The van der Waals surface area contributed by atoms with Crippen LogP contribution in [-0.2, 0) is 5.41 Å². The summed E-state index contributed by atoms with van der Waals surface area (Å²) in [5, 5.41) is 8.13. The molecule has 0 aliphatic carbocycles. The van der Waals surface area contributed by atoms with E-state index in [1.54, 1.807) is 0 Å². The fourth-order valence-electron chi connectivity index (χ4n) is 11.6. The van der Waals surface area contributed by atoms with Crippen molar-refractivity contribution in [1.82, 2.24) is 0 Å². The van der Waals surface area contributed by atoms with Gasteiger partial charge in [-0.3, -0.25) is 0 Å². The number of hydrogen-bond acceptors (Lipinski definition) is 3. The lowest BCUT2D eigenvalue weighted by molar-refractivity contribution is 0.434. The van der Waals surface area contributed by atoms with Crippen LogP contribution in [0.25, 0.3) is 44.2 Å². The van der Waals surface area contributed by atoms with Crippen molar-refractivity contribution in [3.63, 3.8) is 0 Å². The van der Waals surface area contributed by atoms with E-state index in [9.17, 15) is 0 Å². The summed E-state index contributed by atoms with van der Waals surface area (Å²) in [6.07, 6.45) is 0. The summed E-state index contributed by atoms with van der Waals surface area (Å²) in [6, 6.07) is 74.2. The van der Waals surface area contributed by atoms with Crippen LogP contribution in [-0.4, -0.2) is 8.07 Å². The minimum Gasteiger partial charge on any atom is -0.457 e. The Kier molecular flexibility index (Phi) is 5.99. The van der Waals surface area contributed by atoms with E-state index in [4.69, 9.17) is 9.15 Å². The molecule has 0 radical (unpaired) electrons. The highest BCUT2D eigenvalue weighted by Gasteiger charge is 2.55. The minimum absolute atomic E-state index is 0.585. The van der Waals surface area contributed by atoms with Crippen molar-refractivity contribution in [2.75, 3.05) is 4.90 Å². The molecule has 0 N–H and O–H groups in total. The first-order valence-electron chi connectivity index (χ1n) is 20.4. The molecule has 59 heavy (non-hydrogen) atoms. The fourth-order valence-corrected chi connectivity index (χ4v) is 17.2. The molecule has 0 bridgehead atoms. The number of benzene rings is 9. The Balaban J connectivity index is 1.07. The van der Waals surface area contributed by atoms with Gasteiger partial charge >= 0.3 is 0 Å². The standard InChI is InChI=1S/C55H33NO2Si/c1-10-24-47-35(15-1)39-33-54-40(32-50(39)57-47)38-30-29-34(31-53(38)59(54)51-27-13-2-16-36(51)37-17-3-14-28-52(37)59)56-45-22-8-4-18-41(45)55(42-19-5-9-23-46(42)56)43-20-6-11-25-48(43)58-49-26-12-7-21-44(49)55/h1-33H. The Morgan fingerprint density at radius 1 is 0.373 bits per heavy atom. The van der Waals surface area contributed by atoms with Crippen molar-refractivity contribution in [1.29, 1.82) is 0 Å². The number of nitrogens with zero attached hydrogens (tertiary/aromatic N) is 1. The van der Waals surface area contributed by atoms with E-state index < -0.39 is 13.5 Å². The summed E-state index contributed by atoms with van der Waals surface area (Å²) in [5.74, 6) is 1.79. The molecule has 0 unspecified atom stereocenters. The average Bonchev–Trinajstić information content (AvgIpc) is 3.91. The Morgan fingerprint density at radius 2 is 0.898 bits per heavy atom. The maximum absolute atomic E-state index is 6.67. The molecule has 0 saturated carbocycles. The summed E-state index contributed by atoms with van der Waals surface area (Å²) < 4.78 is 13.3. The second kappa shape index (κ2) is 11.2. The molecule has 5 heterocycles. The fraction of sp³-hybridized carbons (Fsp3) is 0.0182. The number of para-hydroxylation sites is 5. The van der Waals surface area contributed by atoms with Gasteiger partial charge in [-0.1, -0.05) is 146 Å². The number of hydrogen-bond donors (Lipinski definition) is 0. The molecule has 0 atom stereocenters. The Morgan fingerprint density at radius 3 is 1.58 bits per heavy atom. The molecule has 0 fully saturated rings. The molecule has 274 valence electrons. The first kappa shape index (κ1) is 31.7. The smallest absolute Gasteiger partial charge is 0.182 e. The zero-order valence-corrected chi connectivity index (χ0v) is 32.8. The topological polar surface area (TPSA) is 25.6 Å². The van der Waals surface area contributed by atoms with E-state index in [0.717, 1.165) is 44.9 Å². The number of fused-ring (bicyclic) bond motifs is 21. The maximum Gasteiger partial charge on any atom is 0.182 e. The first-order chi connectivity index (χ1) is 29.3. The van der Waals surface area contributed by atoms with Gasteiger partial charge in [0.2, 0.25) is 0 Å². The molecule has 10 aromatic rings. The quantitative estimate of drug-likeness (QED) is 0.156. The van der Waals surface area contributed by atoms with Crippen molar-refractivity contribution >= 4 is 67.8 Å². The molecular weight excluding hydrogens is 735 g/mol. The highest BCUT2D eigenvalue weighted by molar-refractivity contribution is 7.24. The number of ether oxygens (including phenoxy) is 1. The van der Waals surface area contributed by atoms with E-state index in [1.165, 1.54) is 70.9 Å². The highest BCUT2D eigenvalue weighted by Crippen LogP contribution is 2.62. The second-order valence-electron chi connectivity index (χ2n) is 16.3. The molecule has 4 heteroatoms. The molecular formula is C55H33NO2Si. The lowest BCUT2D eigenvalue weighted by Crippen LogP contribution is -2.70. The Hall–Kier alpha value is -7.40. The van der Waals surface area contributed by atoms with Gasteiger partial charge in [0.1, 0.15) is 22.7 Å². The normalized spacial score (nSPS) is 15.2. The van der Waals surface area contributed by atoms with Gasteiger partial charge in [-0.05, 0) is 109 Å². The van der Waals surface area contributed by atoms with Crippen LogP contribution in [0.5, 0.6) is 11.5 Å². The van der Waals surface area contributed by atoms with Crippen LogP contribution in [0.2, 0.25) is 0 Å². The van der Waals surface area contributed by atoms with Gasteiger partial charge in [-0.15, -0.1) is 0 Å². The molecule has 4 aliphatic heterocycles. The van der Waals surface area contributed by atoms with Gasteiger partial charge < -0.3 is 14.1 Å². The number of furan rings is 1. The van der Waals surface area contributed by atoms with E-state index in [2.05, 4.69) is 205 Å². The van der Waals surface area contributed by atoms with E-state index >= 15 is 0 Å². The van der Waals surface area contributed by atoms with Crippen LogP contribution in [0.15, 0.2) is 205 Å². The van der Waals surface area contributed by atoms with Crippen LogP contribution in [0.3, 0.4) is 0 Å². The summed E-state index contributed by atoms with van der Waals surface area (Å²) >= 11 is 0. The highest BCUT2D eigenvalue weighted by atomic mass is 28.3. The summed E-state index contributed by atoms with van der Waals surface area (Å²) in [6.45, 7) is 0. The second-order valence-corrected chi connectivity index (χ2v) is 19.9. The molecule has 4 aliphatic rings. The van der Waals surface area contributed by atoms with Crippen molar-refractivity contribution in [2.45, 2.75) is 5.41 Å². The SMILES string of the molecule is c1ccc2c(c1)Oc1ccccc1C21c2ccccc2N(c2ccc3c(c2)[Si]2(c4ccccc4-c4ccccc42)c2cc4c(cc2-3)oc2ccccc24)c2ccccc21. The van der Waals surface area contributed by atoms with Crippen LogP contribution in [0.4, 0.5) is 17.1 Å². The van der Waals surface area contributed by atoms with E-state index in [-0.39, 0.29) is 0 Å². The molecule has 3 nitrogen and oxygen atoms in total. The van der Waals surface area contributed by atoms with E-state index in [1.807, 2.05) is 0 Å². The lowest BCUT2D eigenvalue weighted by atomic mass is 9.61. The van der Waals surface area contributed by atoms with Crippen LogP contribution < -0.4 is 30.4 Å². The third kappa shape index (κ3) is 3.75. The van der Waals surface area contributed by atoms with Crippen LogP contribution >= 0.6 is 0 Å². The zero-order valence-electron chi connectivity index (χ0n) is 31.8. The summed E-state index contributed by atoms with van der Waals surface area (Å²) in [4.78, 5) is 2.52. The average molecular weight is 768 g/mol. The van der Waals surface area contributed by atoms with Gasteiger partial charge in [-0.2, -0.15) is 0 Å². The van der Waals surface area contributed by atoms with Crippen molar-refractivity contribution in [3.8, 4) is 33.8 Å². The Labute approximate surface area is 342 Å². The zero-order chi connectivity index (χ0) is 38.5. The van der Waals surface area contributed by atoms with Crippen LogP contribution in [0, 0.1) is 0 Å². The minimum atomic E-state index is -2.83. The van der Waals surface area contributed by atoms with Crippen LogP contribution in [0.1, 0.15) is 22.3 Å².